The monoisotopic (exact) mass is 291 g/mol. The van der Waals surface area contributed by atoms with Crippen molar-refractivity contribution in [1.82, 2.24) is 4.98 Å². The van der Waals surface area contributed by atoms with Gasteiger partial charge in [-0.3, -0.25) is 4.98 Å². The van der Waals surface area contributed by atoms with Gasteiger partial charge in [-0.05, 0) is 47.2 Å². The molecular formula is C18H15N2O2-. The second kappa shape index (κ2) is 4.98. The minimum atomic E-state index is -1.13. The standard InChI is InChI=1S/C18H16N2O2/c21-18(22)11-6-7-16-15(9-11)13-4-1-5-14(13)17(20-16)12-3-2-8-19-10-12/h1-4,6-10,13-14,17,20H,5H2,(H,21,22)/p-1/t13-,14+,17+/m1/s1. The maximum Gasteiger partial charge on any atom is 0.0715 e. The zero-order chi connectivity index (χ0) is 15.1. The molecule has 0 fully saturated rings. The number of hydrogen-bond acceptors (Lipinski definition) is 4. The molecule has 2 heterocycles. The van der Waals surface area contributed by atoms with E-state index < -0.39 is 5.97 Å². The summed E-state index contributed by atoms with van der Waals surface area (Å²) in [6.45, 7) is 0. The van der Waals surface area contributed by atoms with Crippen LogP contribution in [0.3, 0.4) is 0 Å². The lowest BCUT2D eigenvalue weighted by atomic mass is 9.77. The van der Waals surface area contributed by atoms with Gasteiger partial charge in [-0.25, -0.2) is 0 Å². The number of carbonyl (C=O) groups is 1. The number of carboxylic acid groups (broad SMARTS) is 1. The highest BCUT2D eigenvalue weighted by atomic mass is 16.4. The number of carbonyl (C=O) groups excluding carboxylic acids is 1. The summed E-state index contributed by atoms with van der Waals surface area (Å²) in [6.07, 6.45) is 9.02. The van der Waals surface area contributed by atoms with E-state index in [9.17, 15) is 9.90 Å². The van der Waals surface area contributed by atoms with Crippen molar-refractivity contribution in [2.24, 2.45) is 5.92 Å². The molecule has 4 rings (SSSR count). The fourth-order valence-electron chi connectivity index (χ4n) is 3.61. The third kappa shape index (κ3) is 1.99. The summed E-state index contributed by atoms with van der Waals surface area (Å²) in [5.74, 6) is -0.509. The highest BCUT2D eigenvalue weighted by Crippen LogP contribution is 2.49. The van der Waals surface area contributed by atoms with E-state index in [4.69, 9.17) is 0 Å². The summed E-state index contributed by atoms with van der Waals surface area (Å²) in [5, 5.41) is 14.7. The number of hydrogen-bond donors (Lipinski definition) is 1. The van der Waals surface area contributed by atoms with Crippen LogP contribution in [0.5, 0.6) is 0 Å². The van der Waals surface area contributed by atoms with Crippen molar-refractivity contribution in [1.29, 1.82) is 0 Å². The van der Waals surface area contributed by atoms with E-state index in [2.05, 4.69) is 28.5 Å². The van der Waals surface area contributed by atoms with Crippen molar-refractivity contribution < 1.29 is 9.90 Å². The van der Waals surface area contributed by atoms with Crippen LogP contribution in [0, 0.1) is 5.92 Å². The summed E-state index contributed by atoms with van der Waals surface area (Å²) in [5.41, 5.74) is 3.43. The molecule has 0 radical (unpaired) electrons. The molecule has 1 aliphatic carbocycles. The molecule has 4 nitrogen and oxygen atoms in total. The number of benzene rings is 1. The summed E-state index contributed by atoms with van der Waals surface area (Å²) < 4.78 is 0. The predicted molar refractivity (Wildman–Crippen MR) is 81.4 cm³/mol. The molecule has 4 heteroatoms. The van der Waals surface area contributed by atoms with Gasteiger partial charge in [0, 0.05) is 24.0 Å². The fourth-order valence-corrected chi connectivity index (χ4v) is 3.61. The van der Waals surface area contributed by atoms with Crippen LogP contribution >= 0.6 is 0 Å². The number of allylic oxidation sites excluding steroid dienone is 2. The van der Waals surface area contributed by atoms with E-state index in [1.807, 2.05) is 18.3 Å². The second-order valence-electron chi connectivity index (χ2n) is 5.85. The number of nitrogens with one attached hydrogen (secondary N) is 1. The zero-order valence-corrected chi connectivity index (χ0v) is 11.9. The Bertz CT molecular complexity index is 755. The molecule has 110 valence electrons. The maximum absolute atomic E-state index is 11.1. The first-order chi connectivity index (χ1) is 10.7. The molecule has 3 atom stereocenters. The summed E-state index contributed by atoms with van der Waals surface area (Å²) >= 11 is 0. The highest BCUT2D eigenvalue weighted by Gasteiger charge is 2.37. The summed E-state index contributed by atoms with van der Waals surface area (Å²) in [4.78, 5) is 15.3. The molecule has 0 bridgehead atoms. The Kier molecular flexibility index (Phi) is 2.96. The average Bonchev–Trinajstić information content (AvgIpc) is 3.04. The van der Waals surface area contributed by atoms with Crippen LogP contribution in [0.1, 0.15) is 39.9 Å². The zero-order valence-electron chi connectivity index (χ0n) is 11.9. The van der Waals surface area contributed by atoms with Crippen LogP contribution in [-0.2, 0) is 0 Å². The van der Waals surface area contributed by atoms with Gasteiger partial charge in [0.2, 0.25) is 0 Å². The number of anilines is 1. The van der Waals surface area contributed by atoms with Crippen LogP contribution in [-0.4, -0.2) is 11.0 Å². The molecule has 0 saturated carbocycles. The minimum absolute atomic E-state index is 0.190. The van der Waals surface area contributed by atoms with E-state index >= 15 is 0 Å². The van der Waals surface area contributed by atoms with Crippen molar-refractivity contribution in [3.63, 3.8) is 0 Å². The molecular weight excluding hydrogens is 276 g/mol. The first-order valence-corrected chi connectivity index (χ1v) is 7.42. The Balaban J connectivity index is 1.79. The van der Waals surface area contributed by atoms with Gasteiger partial charge in [-0.1, -0.05) is 24.3 Å². The molecule has 1 aliphatic heterocycles. The molecule has 2 aromatic rings. The largest absolute Gasteiger partial charge is 0.545 e. The molecule has 0 unspecified atom stereocenters. The Hall–Kier alpha value is -2.62. The van der Waals surface area contributed by atoms with Gasteiger partial charge in [0.25, 0.3) is 0 Å². The number of nitrogens with zero attached hydrogens (tertiary/aromatic N) is 1. The molecule has 2 aliphatic rings. The number of rotatable bonds is 2. The van der Waals surface area contributed by atoms with Gasteiger partial charge in [-0.15, -0.1) is 0 Å². The van der Waals surface area contributed by atoms with Crippen molar-refractivity contribution in [3.05, 3.63) is 71.6 Å². The fraction of sp³-hybridized carbons (Fsp3) is 0.222. The molecule has 0 amide bonds. The summed E-state index contributed by atoms with van der Waals surface area (Å²) in [7, 11) is 0. The molecule has 1 aromatic carbocycles. The predicted octanol–water partition coefficient (Wildman–Crippen LogP) is 2.27. The van der Waals surface area contributed by atoms with E-state index in [0.29, 0.717) is 5.92 Å². The number of carboxylic acids is 1. The van der Waals surface area contributed by atoms with Crippen LogP contribution in [0.4, 0.5) is 5.69 Å². The molecule has 0 spiro atoms. The third-order valence-electron chi connectivity index (χ3n) is 4.64. The number of aromatic carboxylic acids is 1. The highest BCUT2D eigenvalue weighted by molar-refractivity contribution is 5.87. The van der Waals surface area contributed by atoms with Gasteiger partial charge < -0.3 is 15.2 Å². The van der Waals surface area contributed by atoms with Crippen molar-refractivity contribution in [2.75, 3.05) is 5.32 Å². The SMILES string of the molecule is O=C([O-])c1ccc2c(c1)[C@@H]1C=CC[C@@H]1[C@H](c1cccnc1)N2. The van der Waals surface area contributed by atoms with Gasteiger partial charge >= 0.3 is 0 Å². The average molecular weight is 291 g/mol. The first-order valence-electron chi connectivity index (χ1n) is 7.42. The van der Waals surface area contributed by atoms with E-state index in [1.165, 1.54) is 0 Å². The van der Waals surface area contributed by atoms with Crippen molar-refractivity contribution >= 4 is 11.7 Å². The lowest BCUT2D eigenvalue weighted by Crippen LogP contribution is -2.30. The number of fused-ring (bicyclic) bond motifs is 3. The lowest BCUT2D eigenvalue weighted by Gasteiger charge is -2.37. The van der Waals surface area contributed by atoms with Gasteiger partial charge in [0.05, 0.1) is 12.0 Å². The molecule has 22 heavy (non-hydrogen) atoms. The minimum Gasteiger partial charge on any atom is -0.545 e. The van der Waals surface area contributed by atoms with Crippen LogP contribution in [0.25, 0.3) is 0 Å². The Labute approximate surface area is 128 Å². The van der Waals surface area contributed by atoms with Gasteiger partial charge in [0.15, 0.2) is 0 Å². The Morgan fingerprint density at radius 3 is 3.00 bits per heavy atom. The Morgan fingerprint density at radius 2 is 2.23 bits per heavy atom. The molecule has 1 N–H and O–H groups in total. The maximum atomic E-state index is 11.1. The number of pyridine rings is 1. The van der Waals surface area contributed by atoms with Gasteiger partial charge in [-0.2, -0.15) is 0 Å². The topological polar surface area (TPSA) is 65.0 Å². The van der Waals surface area contributed by atoms with Crippen molar-refractivity contribution in [2.45, 2.75) is 18.4 Å². The van der Waals surface area contributed by atoms with E-state index in [-0.39, 0.29) is 17.5 Å². The van der Waals surface area contributed by atoms with Crippen LogP contribution in [0.2, 0.25) is 0 Å². The van der Waals surface area contributed by atoms with E-state index in [1.54, 1.807) is 18.3 Å². The van der Waals surface area contributed by atoms with Crippen LogP contribution in [0.15, 0.2) is 54.9 Å². The number of aromatic nitrogens is 1. The lowest BCUT2D eigenvalue weighted by molar-refractivity contribution is -0.255. The Morgan fingerprint density at radius 1 is 1.32 bits per heavy atom. The van der Waals surface area contributed by atoms with Gasteiger partial charge in [0.1, 0.15) is 0 Å². The summed E-state index contributed by atoms with van der Waals surface area (Å²) in [6, 6.07) is 9.40. The van der Waals surface area contributed by atoms with Crippen LogP contribution < -0.4 is 10.4 Å². The smallest absolute Gasteiger partial charge is 0.0715 e. The van der Waals surface area contributed by atoms with Crippen molar-refractivity contribution in [3.8, 4) is 0 Å². The molecule has 0 saturated heterocycles. The normalized spacial score (nSPS) is 25.2. The third-order valence-corrected chi connectivity index (χ3v) is 4.64. The van der Waals surface area contributed by atoms with E-state index in [0.717, 1.165) is 23.2 Å². The quantitative estimate of drug-likeness (QED) is 0.862. The molecule has 1 aromatic heterocycles. The first kappa shape index (κ1) is 13.1. The second-order valence-corrected chi connectivity index (χ2v) is 5.85.